The molecule has 6 nitrogen and oxygen atoms in total. The number of hydrogen-bond donors (Lipinski definition) is 0. The van der Waals surface area contributed by atoms with Gasteiger partial charge < -0.3 is 18.5 Å². The fourth-order valence-electron chi connectivity index (χ4n) is 3.03. The van der Waals surface area contributed by atoms with E-state index in [4.69, 9.17) is 9.47 Å². The van der Waals surface area contributed by atoms with Crippen LogP contribution in [-0.2, 0) is 19.6 Å². The number of rotatable bonds is 19. The second-order valence-electron chi connectivity index (χ2n) is 7.34. The van der Waals surface area contributed by atoms with Gasteiger partial charge in [0.25, 0.3) is 0 Å². The molecule has 158 valence electrons. The quantitative estimate of drug-likeness (QED) is 0.191. The largest absolute Gasteiger partial charge is 0.748 e. The standard InChI is InChI=1S/C19H41NO5S/c1-4-6-7-8-9-10-13-20(3,14-11-12-19-26(21,22)23)15-16-25-18-17-24-5-2/h4-19H2,1-3H3. The van der Waals surface area contributed by atoms with Crippen molar-refractivity contribution in [2.75, 3.05) is 58.9 Å². The van der Waals surface area contributed by atoms with Crippen LogP contribution < -0.4 is 0 Å². The number of quaternary nitrogens is 1. The van der Waals surface area contributed by atoms with Gasteiger partial charge in [-0.05, 0) is 32.6 Å². The van der Waals surface area contributed by atoms with Crippen LogP contribution in [-0.4, -0.2) is 76.3 Å². The molecule has 0 fully saturated rings. The van der Waals surface area contributed by atoms with Gasteiger partial charge in [0.05, 0.1) is 50.1 Å². The van der Waals surface area contributed by atoms with Crippen molar-refractivity contribution in [3.05, 3.63) is 0 Å². The highest BCUT2D eigenvalue weighted by molar-refractivity contribution is 7.85. The fraction of sp³-hybridized carbons (Fsp3) is 1.00. The van der Waals surface area contributed by atoms with E-state index in [9.17, 15) is 13.0 Å². The second kappa shape index (κ2) is 15.8. The molecule has 0 N–H and O–H groups in total. The predicted octanol–water partition coefficient (Wildman–Crippen LogP) is 3.17. The van der Waals surface area contributed by atoms with E-state index in [0.717, 1.165) is 30.5 Å². The van der Waals surface area contributed by atoms with Gasteiger partial charge in [-0.3, -0.25) is 0 Å². The number of nitrogens with zero attached hydrogens (tertiary/aromatic N) is 1. The number of likely N-dealkylation sites (N-methyl/N-ethyl adjacent to an activating group) is 1. The molecule has 0 aromatic carbocycles. The van der Waals surface area contributed by atoms with Crippen molar-refractivity contribution < 1.29 is 26.9 Å². The number of unbranched alkanes of at least 4 members (excludes halogenated alkanes) is 6. The summed E-state index contributed by atoms with van der Waals surface area (Å²) in [6, 6.07) is 0. The third-order valence-electron chi connectivity index (χ3n) is 4.75. The summed E-state index contributed by atoms with van der Waals surface area (Å²) >= 11 is 0. The Morgan fingerprint density at radius 1 is 0.769 bits per heavy atom. The average molecular weight is 396 g/mol. The van der Waals surface area contributed by atoms with Crippen LogP contribution in [0.1, 0.15) is 65.2 Å². The third-order valence-corrected chi connectivity index (χ3v) is 5.53. The smallest absolute Gasteiger partial charge is 0.102 e. The van der Waals surface area contributed by atoms with Crippen molar-refractivity contribution in [3.63, 3.8) is 0 Å². The first-order valence-corrected chi connectivity index (χ1v) is 11.8. The molecule has 0 aromatic rings. The molecule has 0 radical (unpaired) electrons. The van der Waals surface area contributed by atoms with E-state index in [0.29, 0.717) is 32.8 Å². The van der Waals surface area contributed by atoms with Gasteiger partial charge in [0.2, 0.25) is 0 Å². The van der Waals surface area contributed by atoms with Gasteiger partial charge in [-0.15, -0.1) is 0 Å². The summed E-state index contributed by atoms with van der Waals surface area (Å²) in [6.45, 7) is 9.68. The molecular weight excluding hydrogens is 354 g/mol. The van der Waals surface area contributed by atoms with Crippen molar-refractivity contribution in [3.8, 4) is 0 Å². The second-order valence-corrected chi connectivity index (χ2v) is 8.86. The molecule has 0 aliphatic rings. The molecule has 0 aromatic heterocycles. The summed E-state index contributed by atoms with van der Waals surface area (Å²) in [5, 5.41) is 0. The van der Waals surface area contributed by atoms with E-state index in [2.05, 4.69) is 14.0 Å². The molecule has 0 amide bonds. The molecule has 0 aliphatic carbocycles. The highest BCUT2D eigenvalue weighted by atomic mass is 32.2. The van der Waals surface area contributed by atoms with E-state index in [1.54, 1.807) is 0 Å². The molecule has 26 heavy (non-hydrogen) atoms. The lowest BCUT2D eigenvalue weighted by molar-refractivity contribution is -0.910. The van der Waals surface area contributed by atoms with Gasteiger partial charge in [0.1, 0.15) is 6.54 Å². The molecule has 0 rings (SSSR count). The van der Waals surface area contributed by atoms with Crippen LogP contribution >= 0.6 is 0 Å². The number of ether oxygens (including phenoxy) is 2. The molecule has 0 saturated heterocycles. The average Bonchev–Trinajstić information content (AvgIpc) is 2.57. The van der Waals surface area contributed by atoms with Gasteiger partial charge in [-0.1, -0.05) is 32.6 Å². The summed E-state index contributed by atoms with van der Waals surface area (Å²) in [5.74, 6) is -0.255. The lowest BCUT2D eigenvalue weighted by Gasteiger charge is -2.35. The van der Waals surface area contributed by atoms with Crippen molar-refractivity contribution in [2.24, 2.45) is 0 Å². The number of hydrogen-bond acceptors (Lipinski definition) is 5. The van der Waals surface area contributed by atoms with Gasteiger partial charge in [0, 0.05) is 12.4 Å². The zero-order valence-electron chi connectivity index (χ0n) is 17.2. The Hall–Kier alpha value is -0.210. The minimum absolute atomic E-state index is 0.255. The lowest BCUT2D eigenvalue weighted by Crippen LogP contribution is -2.48. The van der Waals surface area contributed by atoms with Crippen molar-refractivity contribution in [1.29, 1.82) is 0 Å². The van der Waals surface area contributed by atoms with Crippen LogP contribution in [0, 0.1) is 0 Å². The topological polar surface area (TPSA) is 75.7 Å². The first-order chi connectivity index (χ1) is 12.3. The minimum Gasteiger partial charge on any atom is -0.748 e. The van der Waals surface area contributed by atoms with Crippen LogP contribution in [0.2, 0.25) is 0 Å². The van der Waals surface area contributed by atoms with Crippen molar-refractivity contribution in [2.45, 2.75) is 65.2 Å². The summed E-state index contributed by atoms with van der Waals surface area (Å²) in [5.41, 5.74) is 0. The maximum absolute atomic E-state index is 10.8. The zero-order valence-corrected chi connectivity index (χ0v) is 18.0. The monoisotopic (exact) mass is 395 g/mol. The highest BCUT2D eigenvalue weighted by Crippen LogP contribution is 2.12. The predicted molar refractivity (Wildman–Crippen MR) is 105 cm³/mol. The van der Waals surface area contributed by atoms with Crippen LogP contribution in [0.25, 0.3) is 0 Å². The molecule has 0 bridgehead atoms. The van der Waals surface area contributed by atoms with Crippen LogP contribution in [0.4, 0.5) is 0 Å². The highest BCUT2D eigenvalue weighted by Gasteiger charge is 2.20. The minimum atomic E-state index is -4.10. The molecule has 1 atom stereocenters. The normalized spacial score (nSPS) is 14.5. The van der Waals surface area contributed by atoms with Gasteiger partial charge in [-0.25, -0.2) is 8.42 Å². The van der Waals surface area contributed by atoms with Crippen LogP contribution in [0.15, 0.2) is 0 Å². The van der Waals surface area contributed by atoms with E-state index < -0.39 is 10.1 Å². The van der Waals surface area contributed by atoms with Gasteiger partial charge in [0.15, 0.2) is 0 Å². The Labute approximate surface area is 161 Å². The summed E-state index contributed by atoms with van der Waals surface area (Å²) in [4.78, 5) is 0. The fourth-order valence-corrected chi connectivity index (χ4v) is 3.59. The van der Waals surface area contributed by atoms with Crippen molar-refractivity contribution in [1.82, 2.24) is 0 Å². The van der Waals surface area contributed by atoms with E-state index in [1.165, 1.54) is 38.5 Å². The maximum atomic E-state index is 10.8. The Kier molecular flexibility index (Phi) is 15.7. The zero-order chi connectivity index (χ0) is 19.7. The van der Waals surface area contributed by atoms with Crippen LogP contribution in [0.3, 0.4) is 0 Å². The summed E-state index contributed by atoms with van der Waals surface area (Å²) in [6.07, 6.45) is 8.79. The molecule has 7 heteroatoms. The van der Waals surface area contributed by atoms with E-state index in [-0.39, 0.29) is 5.75 Å². The summed E-state index contributed by atoms with van der Waals surface area (Å²) < 4.78 is 44.1. The van der Waals surface area contributed by atoms with E-state index >= 15 is 0 Å². The molecule has 0 aliphatic heterocycles. The van der Waals surface area contributed by atoms with Crippen LogP contribution in [0.5, 0.6) is 0 Å². The van der Waals surface area contributed by atoms with E-state index in [1.807, 2.05) is 6.92 Å². The molecule has 0 saturated carbocycles. The Morgan fingerprint density at radius 2 is 1.35 bits per heavy atom. The lowest BCUT2D eigenvalue weighted by atomic mass is 10.1. The SMILES string of the molecule is CCCCCCCC[N+](C)(CCCCS(=O)(=O)[O-])CCOCCOCC. The Bertz CT molecular complexity index is 398. The first-order valence-electron chi connectivity index (χ1n) is 10.3. The molecular formula is C19H41NO5S. The Morgan fingerprint density at radius 3 is 1.96 bits per heavy atom. The third kappa shape index (κ3) is 17.2. The maximum Gasteiger partial charge on any atom is 0.102 e. The molecule has 0 spiro atoms. The first kappa shape index (κ1) is 25.8. The van der Waals surface area contributed by atoms with Gasteiger partial charge in [-0.2, -0.15) is 0 Å². The molecule has 1 unspecified atom stereocenters. The Balaban J connectivity index is 4.18. The molecule has 0 heterocycles. The van der Waals surface area contributed by atoms with Crippen molar-refractivity contribution >= 4 is 10.1 Å². The summed E-state index contributed by atoms with van der Waals surface area (Å²) in [7, 11) is -1.89. The van der Waals surface area contributed by atoms with Gasteiger partial charge >= 0.3 is 0 Å².